The molecule has 4 nitrogen and oxygen atoms in total. The molecule has 1 aliphatic heterocycles. The molecule has 1 heterocycles. The Morgan fingerprint density at radius 3 is 2.29 bits per heavy atom. The number of nitrogens with zero attached hydrogens (tertiary/aromatic N) is 2. The third-order valence-corrected chi connectivity index (χ3v) is 2.58. The van der Waals surface area contributed by atoms with Gasteiger partial charge >= 0.3 is 0 Å². The van der Waals surface area contributed by atoms with Gasteiger partial charge in [0.25, 0.3) is 0 Å². The molecule has 0 aromatic rings. The van der Waals surface area contributed by atoms with Gasteiger partial charge in [0, 0.05) is 32.7 Å². The van der Waals surface area contributed by atoms with Crippen LogP contribution in [0.4, 0.5) is 0 Å². The number of hydrogen-bond acceptors (Lipinski definition) is 4. The van der Waals surface area contributed by atoms with Crippen molar-refractivity contribution >= 4 is 0 Å². The molecule has 0 unspecified atom stereocenters. The smallest absolute Gasteiger partial charge is 0.0604 e. The summed E-state index contributed by atoms with van der Waals surface area (Å²) in [7, 11) is 2.15. The van der Waals surface area contributed by atoms with Gasteiger partial charge < -0.3 is 10.0 Å². The van der Waals surface area contributed by atoms with E-state index in [1.165, 1.54) is 0 Å². The van der Waals surface area contributed by atoms with Crippen molar-refractivity contribution < 1.29 is 5.11 Å². The highest BCUT2D eigenvalue weighted by Gasteiger charge is 2.15. The summed E-state index contributed by atoms with van der Waals surface area (Å²) in [5.41, 5.74) is 2.79. The first kappa shape index (κ1) is 11.9. The number of hydrazine groups is 1. The van der Waals surface area contributed by atoms with Gasteiger partial charge in [-0.25, -0.2) is 5.01 Å². The summed E-state index contributed by atoms with van der Waals surface area (Å²) in [5, 5.41) is 11.8. The van der Waals surface area contributed by atoms with Crippen LogP contribution in [0.3, 0.4) is 0 Å². The normalized spacial score (nSPS) is 21.4. The third-order valence-electron chi connectivity index (χ3n) is 2.58. The Balaban J connectivity index is 2.08. The lowest BCUT2D eigenvalue weighted by Crippen LogP contribution is -2.51. The first-order valence-corrected chi connectivity index (χ1v) is 5.37. The van der Waals surface area contributed by atoms with Crippen molar-refractivity contribution in [3.8, 4) is 0 Å². The molecule has 4 heteroatoms. The van der Waals surface area contributed by atoms with Gasteiger partial charge in [0.05, 0.1) is 5.60 Å². The highest BCUT2D eigenvalue weighted by Crippen LogP contribution is 2.05. The molecule has 0 spiro atoms. The minimum absolute atomic E-state index is 0.556. The summed E-state index contributed by atoms with van der Waals surface area (Å²) in [4.78, 5) is 2.33. The molecule has 1 saturated heterocycles. The molecule has 0 saturated carbocycles. The van der Waals surface area contributed by atoms with Gasteiger partial charge in [-0.2, -0.15) is 0 Å². The molecule has 0 aromatic heterocycles. The quantitative estimate of drug-likeness (QED) is 0.666. The minimum atomic E-state index is -0.556. The standard InChI is InChI=1S/C10H23N3O/c1-10(2,14)4-5-11-13-8-6-12(3)7-9-13/h11,14H,4-9H2,1-3H3. The summed E-state index contributed by atoms with van der Waals surface area (Å²) in [6, 6.07) is 0. The van der Waals surface area contributed by atoms with E-state index < -0.39 is 5.60 Å². The zero-order valence-electron chi connectivity index (χ0n) is 9.58. The van der Waals surface area contributed by atoms with Crippen molar-refractivity contribution in [3.05, 3.63) is 0 Å². The molecular formula is C10H23N3O. The van der Waals surface area contributed by atoms with E-state index in [1.807, 2.05) is 13.8 Å². The Labute approximate surface area is 86.9 Å². The fourth-order valence-electron chi connectivity index (χ4n) is 1.48. The van der Waals surface area contributed by atoms with Gasteiger partial charge in [0.15, 0.2) is 0 Å². The second kappa shape index (κ2) is 5.07. The lowest BCUT2D eigenvalue weighted by atomic mass is 10.1. The van der Waals surface area contributed by atoms with E-state index in [0.717, 1.165) is 39.1 Å². The maximum Gasteiger partial charge on any atom is 0.0604 e. The molecule has 1 fully saturated rings. The molecule has 0 amide bonds. The molecule has 84 valence electrons. The Hall–Kier alpha value is -0.160. The van der Waals surface area contributed by atoms with Crippen molar-refractivity contribution in [3.63, 3.8) is 0 Å². The van der Waals surface area contributed by atoms with Crippen LogP contribution < -0.4 is 5.43 Å². The van der Waals surface area contributed by atoms with Crippen LogP contribution in [-0.2, 0) is 0 Å². The van der Waals surface area contributed by atoms with Crippen LogP contribution in [0.5, 0.6) is 0 Å². The van der Waals surface area contributed by atoms with Crippen LogP contribution in [0.25, 0.3) is 0 Å². The zero-order valence-corrected chi connectivity index (χ0v) is 9.58. The van der Waals surface area contributed by atoms with Crippen LogP contribution in [0.2, 0.25) is 0 Å². The Morgan fingerprint density at radius 2 is 1.79 bits per heavy atom. The molecule has 0 radical (unpaired) electrons. The minimum Gasteiger partial charge on any atom is -0.390 e. The second-order valence-electron chi connectivity index (χ2n) is 4.76. The largest absolute Gasteiger partial charge is 0.390 e. The number of nitrogens with one attached hydrogen (secondary N) is 1. The number of rotatable bonds is 4. The number of aliphatic hydroxyl groups is 1. The average molecular weight is 201 g/mol. The van der Waals surface area contributed by atoms with Crippen LogP contribution in [0, 0.1) is 0 Å². The average Bonchev–Trinajstić information content (AvgIpc) is 2.06. The highest BCUT2D eigenvalue weighted by atomic mass is 16.3. The van der Waals surface area contributed by atoms with Gasteiger partial charge in [-0.05, 0) is 27.3 Å². The van der Waals surface area contributed by atoms with Crippen LogP contribution in [-0.4, -0.2) is 60.4 Å². The SMILES string of the molecule is CN1CCN(NCCC(C)(C)O)CC1. The van der Waals surface area contributed by atoms with E-state index in [-0.39, 0.29) is 0 Å². The summed E-state index contributed by atoms with van der Waals surface area (Å²) >= 11 is 0. The Kier molecular flexibility index (Phi) is 4.31. The molecule has 1 aliphatic rings. The molecule has 1 rings (SSSR count). The first-order chi connectivity index (χ1) is 6.47. The molecule has 14 heavy (non-hydrogen) atoms. The monoisotopic (exact) mass is 201 g/mol. The maximum atomic E-state index is 9.52. The lowest BCUT2D eigenvalue weighted by molar-refractivity contribution is 0.0525. The van der Waals surface area contributed by atoms with E-state index in [9.17, 15) is 5.11 Å². The fourth-order valence-corrected chi connectivity index (χ4v) is 1.48. The van der Waals surface area contributed by atoms with Crippen molar-refractivity contribution in [2.45, 2.75) is 25.9 Å². The first-order valence-electron chi connectivity index (χ1n) is 5.37. The Morgan fingerprint density at radius 1 is 1.21 bits per heavy atom. The van der Waals surface area contributed by atoms with E-state index >= 15 is 0 Å². The molecule has 0 aromatic carbocycles. The molecule has 0 bridgehead atoms. The van der Waals surface area contributed by atoms with Gasteiger partial charge in [-0.15, -0.1) is 0 Å². The molecule has 0 aliphatic carbocycles. The van der Waals surface area contributed by atoms with Crippen LogP contribution in [0.1, 0.15) is 20.3 Å². The van der Waals surface area contributed by atoms with Gasteiger partial charge in [-0.1, -0.05) is 0 Å². The van der Waals surface area contributed by atoms with Gasteiger partial charge in [0.1, 0.15) is 0 Å². The topological polar surface area (TPSA) is 38.7 Å². The predicted octanol–water partition coefficient (Wildman–Crippen LogP) is -0.101. The summed E-state index contributed by atoms with van der Waals surface area (Å²) in [5.74, 6) is 0. The third kappa shape index (κ3) is 4.91. The molecule has 2 N–H and O–H groups in total. The van der Waals surface area contributed by atoms with E-state index in [0.29, 0.717) is 0 Å². The van der Waals surface area contributed by atoms with Crippen LogP contribution >= 0.6 is 0 Å². The predicted molar refractivity (Wildman–Crippen MR) is 58.0 cm³/mol. The fraction of sp³-hybridized carbons (Fsp3) is 1.00. The second-order valence-corrected chi connectivity index (χ2v) is 4.76. The summed E-state index contributed by atoms with van der Waals surface area (Å²) in [6.07, 6.45) is 0.791. The van der Waals surface area contributed by atoms with Gasteiger partial charge in [0.2, 0.25) is 0 Å². The Bertz CT molecular complexity index is 159. The molecular weight excluding hydrogens is 178 g/mol. The van der Waals surface area contributed by atoms with Crippen molar-refractivity contribution in [1.82, 2.24) is 15.3 Å². The summed E-state index contributed by atoms with van der Waals surface area (Å²) < 4.78 is 0. The number of likely N-dealkylation sites (N-methyl/N-ethyl adjacent to an activating group) is 1. The lowest BCUT2D eigenvalue weighted by Gasteiger charge is -2.33. The zero-order chi connectivity index (χ0) is 10.6. The van der Waals surface area contributed by atoms with E-state index in [1.54, 1.807) is 0 Å². The van der Waals surface area contributed by atoms with Crippen molar-refractivity contribution in [1.29, 1.82) is 0 Å². The molecule has 0 atom stereocenters. The number of piperazine rings is 1. The summed E-state index contributed by atoms with van der Waals surface area (Å²) in [6.45, 7) is 8.93. The maximum absolute atomic E-state index is 9.52. The highest BCUT2D eigenvalue weighted by molar-refractivity contribution is 4.69. The van der Waals surface area contributed by atoms with Crippen LogP contribution in [0.15, 0.2) is 0 Å². The van der Waals surface area contributed by atoms with Crippen molar-refractivity contribution in [2.75, 3.05) is 39.8 Å². The van der Waals surface area contributed by atoms with E-state index in [2.05, 4.69) is 22.4 Å². The van der Waals surface area contributed by atoms with Crippen molar-refractivity contribution in [2.24, 2.45) is 0 Å². The van der Waals surface area contributed by atoms with E-state index in [4.69, 9.17) is 0 Å². The van der Waals surface area contributed by atoms with Gasteiger partial charge in [-0.3, -0.25) is 5.43 Å². The number of hydrogen-bond donors (Lipinski definition) is 2.